The van der Waals surface area contributed by atoms with Crippen LogP contribution >= 0.6 is 0 Å². The number of nitrogens with one attached hydrogen (secondary N) is 2. The van der Waals surface area contributed by atoms with Crippen LogP contribution in [0, 0.1) is 5.92 Å². The smallest absolute Gasteiger partial charge is 0.407 e. The van der Waals surface area contributed by atoms with E-state index in [4.69, 9.17) is 19.9 Å². The van der Waals surface area contributed by atoms with E-state index in [-0.39, 0.29) is 24.3 Å². The van der Waals surface area contributed by atoms with Crippen LogP contribution < -0.4 is 16.4 Å². The Morgan fingerprint density at radius 1 is 1.25 bits per heavy atom. The molecule has 2 rings (SSSR count). The maximum absolute atomic E-state index is 12.0. The number of allylic oxidation sites excluding steroid dienone is 3. The highest BCUT2D eigenvalue weighted by Crippen LogP contribution is 2.24. The second-order valence-electron chi connectivity index (χ2n) is 8.15. The van der Waals surface area contributed by atoms with Crippen LogP contribution in [0.2, 0.25) is 0 Å². The van der Waals surface area contributed by atoms with Crippen molar-refractivity contribution in [2.24, 2.45) is 11.7 Å². The van der Waals surface area contributed by atoms with Gasteiger partial charge in [-0.1, -0.05) is 24.3 Å². The van der Waals surface area contributed by atoms with Gasteiger partial charge in [0.25, 0.3) is 0 Å². The number of carbonyl (C=O) groups excluding carboxylic acids is 2. The lowest BCUT2D eigenvalue weighted by Crippen LogP contribution is -2.43. The minimum atomic E-state index is -0.560. The molecule has 0 bridgehead atoms. The summed E-state index contributed by atoms with van der Waals surface area (Å²) in [4.78, 5) is 23.7. The predicted octanol–water partition coefficient (Wildman–Crippen LogP) is 2.59. The molecule has 0 aromatic carbocycles. The Bertz CT molecular complexity index is 585. The monoisotopic (exact) mass is 395 g/mol. The van der Waals surface area contributed by atoms with Crippen LogP contribution in [0.5, 0.6) is 0 Å². The number of epoxide rings is 1. The minimum absolute atomic E-state index is 0.192. The van der Waals surface area contributed by atoms with E-state index in [1.54, 1.807) is 0 Å². The van der Waals surface area contributed by atoms with Crippen molar-refractivity contribution in [2.75, 3.05) is 13.2 Å². The highest BCUT2D eigenvalue weighted by atomic mass is 16.6. The van der Waals surface area contributed by atoms with Crippen molar-refractivity contribution in [1.82, 2.24) is 10.6 Å². The lowest BCUT2D eigenvalue weighted by atomic mass is 10.0. The lowest BCUT2D eigenvalue weighted by Gasteiger charge is -2.23. The van der Waals surface area contributed by atoms with Crippen molar-refractivity contribution in [2.45, 2.75) is 70.4 Å². The van der Waals surface area contributed by atoms with E-state index >= 15 is 0 Å². The molecule has 4 unspecified atom stereocenters. The lowest BCUT2D eigenvalue weighted by molar-refractivity contribution is 0.0491. The molecular formula is C20H33N3O5. The topological polar surface area (TPSA) is 115 Å². The SMILES string of the molecule is CC(C)(C)OC(=O)NC(CCCCNC(=O)OCC1C=CC=CC1)C1OC1N. The van der Waals surface area contributed by atoms with Crippen molar-refractivity contribution in [3.63, 3.8) is 0 Å². The molecule has 0 aromatic rings. The Labute approximate surface area is 166 Å². The molecular weight excluding hydrogens is 362 g/mol. The van der Waals surface area contributed by atoms with Gasteiger partial charge in [-0.2, -0.15) is 0 Å². The van der Waals surface area contributed by atoms with Gasteiger partial charge >= 0.3 is 12.2 Å². The van der Waals surface area contributed by atoms with Crippen LogP contribution in [0.25, 0.3) is 0 Å². The van der Waals surface area contributed by atoms with Gasteiger partial charge < -0.3 is 30.6 Å². The van der Waals surface area contributed by atoms with Crippen molar-refractivity contribution >= 4 is 12.2 Å². The summed E-state index contributed by atoms with van der Waals surface area (Å²) in [6.45, 7) is 6.33. The highest BCUT2D eigenvalue weighted by Gasteiger charge is 2.43. The zero-order chi connectivity index (χ0) is 20.6. The first-order valence-electron chi connectivity index (χ1n) is 9.89. The summed E-state index contributed by atoms with van der Waals surface area (Å²) in [5.74, 6) is 0.248. The Morgan fingerprint density at radius 3 is 2.61 bits per heavy atom. The second kappa shape index (κ2) is 10.5. The summed E-state index contributed by atoms with van der Waals surface area (Å²) in [5, 5.41) is 5.58. The number of hydrogen-bond donors (Lipinski definition) is 3. The minimum Gasteiger partial charge on any atom is -0.449 e. The van der Waals surface area contributed by atoms with E-state index in [2.05, 4.69) is 16.7 Å². The summed E-state index contributed by atoms with van der Waals surface area (Å²) in [7, 11) is 0. The zero-order valence-electron chi connectivity index (χ0n) is 17.0. The third-order valence-electron chi connectivity index (χ3n) is 4.37. The Kier molecular flexibility index (Phi) is 8.32. The molecule has 2 aliphatic rings. The van der Waals surface area contributed by atoms with Gasteiger partial charge in [-0.25, -0.2) is 9.59 Å². The van der Waals surface area contributed by atoms with Gasteiger partial charge in [-0.3, -0.25) is 0 Å². The molecule has 158 valence electrons. The quantitative estimate of drug-likeness (QED) is 0.408. The maximum atomic E-state index is 12.0. The van der Waals surface area contributed by atoms with Gasteiger partial charge in [0.1, 0.15) is 17.9 Å². The van der Waals surface area contributed by atoms with Crippen LogP contribution in [0.3, 0.4) is 0 Å². The number of hydrogen-bond acceptors (Lipinski definition) is 6. The van der Waals surface area contributed by atoms with Gasteiger partial charge in [-0.15, -0.1) is 0 Å². The van der Waals surface area contributed by atoms with Crippen LogP contribution in [-0.2, 0) is 14.2 Å². The molecule has 1 fully saturated rings. The number of rotatable bonds is 9. The Hall–Kier alpha value is -2.06. The molecule has 4 N–H and O–H groups in total. The molecule has 0 saturated carbocycles. The molecule has 8 nitrogen and oxygen atoms in total. The van der Waals surface area contributed by atoms with Crippen LogP contribution in [-0.4, -0.2) is 49.3 Å². The van der Waals surface area contributed by atoms with E-state index in [9.17, 15) is 9.59 Å². The molecule has 1 aliphatic heterocycles. The largest absolute Gasteiger partial charge is 0.449 e. The number of unbranched alkanes of at least 4 members (excludes halogenated alkanes) is 1. The molecule has 0 aromatic heterocycles. The van der Waals surface area contributed by atoms with E-state index in [0.717, 1.165) is 19.3 Å². The molecule has 1 heterocycles. The fraction of sp³-hybridized carbons (Fsp3) is 0.700. The van der Waals surface area contributed by atoms with E-state index in [0.29, 0.717) is 19.6 Å². The normalized spacial score (nSPS) is 24.4. The number of carbonyl (C=O) groups is 2. The van der Waals surface area contributed by atoms with Crippen LogP contribution in [0.15, 0.2) is 24.3 Å². The molecule has 2 amide bonds. The van der Waals surface area contributed by atoms with E-state index in [1.165, 1.54) is 0 Å². The summed E-state index contributed by atoms with van der Waals surface area (Å²) in [5.41, 5.74) is 5.18. The van der Waals surface area contributed by atoms with Gasteiger partial charge in [0.15, 0.2) is 0 Å². The fourth-order valence-electron chi connectivity index (χ4n) is 2.91. The van der Waals surface area contributed by atoms with Gasteiger partial charge in [0.2, 0.25) is 0 Å². The third kappa shape index (κ3) is 8.75. The summed E-state index contributed by atoms with van der Waals surface area (Å²) in [6, 6.07) is -0.206. The number of alkyl carbamates (subject to hydrolysis) is 2. The maximum Gasteiger partial charge on any atom is 0.407 e. The molecule has 8 heteroatoms. The molecule has 0 radical (unpaired) electrons. The Balaban J connectivity index is 1.59. The van der Waals surface area contributed by atoms with Crippen molar-refractivity contribution in [1.29, 1.82) is 0 Å². The average Bonchev–Trinajstić information content (AvgIpc) is 3.34. The first-order valence-corrected chi connectivity index (χ1v) is 9.89. The molecule has 28 heavy (non-hydrogen) atoms. The predicted molar refractivity (Wildman–Crippen MR) is 106 cm³/mol. The van der Waals surface area contributed by atoms with Gasteiger partial charge in [0.05, 0.1) is 12.6 Å². The summed E-state index contributed by atoms with van der Waals surface area (Å²) in [6.07, 6.45) is 9.76. The summed E-state index contributed by atoms with van der Waals surface area (Å²) < 4.78 is 15.8. The average molecular weight is 396 g/mol. The zero-order valence-corrected chi connectivity index (χ0v) is 17.0. The first-order chi connectivity index (χ1) is 13.2. The molecule has 0 spiro atoms. The Morgan fingerprint density at radius 2 is 2.00 bits per heavy atom. The van der Waals surface area contributed by atoms with E-state index < -0.39 is 17.8 Å². The van der Waals surface area contributed by atoms with Gasteiger partial charge in [0, 0.05) is 12.5 Å². The molecule has 4 atom stereocenters. The number of ether oxygens (including phenoxy) is 3. The van der Waals surface area contributed by atoms with Crippen LogP contribution in [0.1, 0.15) is 46.5 Å². The van der Waals surface area contributed by atoms with E-state index in [1.807, 2.05) is 39.0 Å². The number of amides is 2. The standard InChI is InChI=1S/C20H33N3O5/c1-20(2,3)28-19(25)23-15(16-17(21)27-16)11-7-8-12-22-18(24)26-13-14-9-5-4-6-10-14/h4-6,9,14-17H,7-8,10-13,21H2,1-3H3,(H,22,24)(H,23,25). The first kappa shape index (κ1) is 22.2. The summed E-state index contributed by atoms with van der Waals surface area (Å²) >= 11 is 0. The van der Waals surface area contributed by atoms with Crippen molar-refractivity contribution in [3.05, 3.63) is 24.3 Å². The fourth-order valence-corrected chi connectivity index (χ4v) is 2.91. The third-order valence-corrected chi connectivity index (χ3v) is 4.37. The highest BCUT2D eigenvalue weighted by molar-refractivity contribution is 5.68. The number of nitrogens with two attached hydrogens (primary N) is 1. The molecule has 1 aliphatic carbocycles. The van der Waals surface area contributed by atoms with Crippen LogP contribution in [0.4, 0.5) is 9.59 Å². The van der Waals surface area contributed by atoms with Crippen molar-refractivity contribution in [3.8, 4) is 0 Å². The van der Waals surface area contributed by atoms with Gasteiger partial charge in [-0.05, 0) is 46.5 Å². The van der Waals surface area contributed by atoms with Crippen molar-refractivity contribution < 1.29 is 23.8 Å². The second-order valence-corrected chi connectivity index (χ2v) is 8.15. The molecule has 1 saturated heterocycles.